The lowest BCUT2D eigenvalue weighted by molar-refractivity contribution is -0.118. The van der Waals surface area contributed by atoms with Gasteiger partial charge in [-0.15, -0.1) is 0 Å². The van der Waals surface area contributed by atoms with Crippen LogP contribution in [0.2, 0.25) is 0 Å². The number of hydrogen-bond donors (Lipinski definition) is 0. The SMILES string of the molecule is CCCC(=O)N=c1sc2cc(OC)c(OC)cc2n1CCOC. The molecule has 0 unspecified atom stereocenters. The van der Waals surface area contributed by atoms with Gasteiger partial charge in [-0.2, -0.15) is 4.99 Å². The maximum atomic E-state index is 11.9. The number of benzene rings is 1. The van der Waals surface area contributed by atoms with Crippen molar-refractivity contribution in [1.82, 2.24) is 4.57 Å². The minimum atomic E-state index is -0.107. The molecule has 0 aliphatic heterocycles. The highest BCUT2D eigenvalue weighted by Gasteiger charge is 2.13. The van der Waals surface area contributed by atoms with Crippen LogP contribution >= 0.6 is 11.3 Å². The molecule has 0 fully saturated rings. The van der Waals surface area contributed by atoms with Crippen LogP contribution in [0.4, 0.5) is 0 Å². The van der Waals surface area contributed by atoms with Crippen LogP contribution in [-0.4, -0.2) is 38.4 Å². The Kier molecular flexibility index (Phi) is 6.18. The first-order valence-corrected chi connectivity index (χ1v) is 8.28. The number of ether oxygens (including phenoxy) is 3. The Labute approximate surface area is 139 Å². The molecule has 0 saturated carbocycles. The van der Waals surface area contributed by atoms with Crippen molar-refractivity contribution in [3.8, 4) is 11.5 Å². The normalized spacial score (nSPS) is 11.9. The number of nitrogens with zero attached hydrogens (tertiary/aromatic N) is 2. The summed E-state index contributed by atoms with van der Waals surface area (Å²) in [6.45, 7) is 3.12. The van der Waals surface area contributed by atoms with E-state index in [1.807, 2.05) is 23.6 Å². The molecule has 126 valence electrons. The Balaban J connectivity index is 2.63. The van der Waals surface area contributed by atoms with E-state index in [1.165, 1.54) is 11.3 Å². The molecule has 0 atom stereocenters. The fraction of sp³-hybridized carbons (Fsp3) is 0.500. The maximum absolute atomic E-state index is 11.9. The predicted octanol–water partition coefficient (Wildman–Crippen LogP) is 2.59. The molecule has 0 bridgehead atoms. The van der Waals surface area contributed by atoms with Gasteiger partial charge in [0.1, 0.15) is 0 Å². The number of methoxy groups -OCH3 is 3. The summed E-state index contributed by atoms with van der Waals surface area (Å²) in [5, 5.41) is 0. The molecule has 23 heavy (non-hydrogen) atoms. The van der Waals surface area contributed by atoms with E-state index in [2.05, 4.69) is 4.99 Å². The van der Waals surface area contributed by atoms with Crippen LogP contribution in [-0.2, 0) is 16.1 Å². The monoisotopic (exact) mass is 338 g/mol. The van der Waals surface area contributed by atoms with Gasteiger partial charge in [0.05, 0.1) is 31.0 Å². The first kappa shape index (κ1) is 17.5. The van der Waals surface area contributed by atoms with Gasteiger partial charge in [0.15, 0.2) is 16.3 Å². The van der Waals surface area contributed by atoms with Crippen molar-refractivity contribution >= 4 is 27.5 Å². The molecule has 0 spiro atoms. The lowest BCUT2D eigenvalue weighted by Gasteiger charge is -2.09. The average molecular weight is 338 g/mol. The molecule has 1 aromatic heterocycles. The van der Waals surface area contributed by atoms with Crippen molar-refractivity contribution in [3.63, 3.8) is 0 Å². The zero-order valence-electron chi connectivity index (χ0n) is 13.9. The van der Waals surface area contributed by atoms with E-state index in [0.29, 0.717) is 35.9 Å². The van der Waals surface area contributed by atoms with Crippen LogP contribution in [0, 0.1) is 0 Å². The van der Waals surface area contributed by atoms with E-state index in [0.717, 1.165) is 16.6 Å². The highest BCUT2D eigenvalue weighted by molar-refractivity contribution is 7.16. The second-order valence-electron chi connectivity index (χ2n) is 4.96. The van der Waals surface area contributed by atoms with E-state index in [1.54, 1.807) is 21.3 Å². The maximum Gasteiger partial charge on any atom is 0.248 e. The first-order valence-electron chi connectivity index (χ1n) is 7.46. The van der Waals surface area contributed by atoms with E-state index in [4.69, 9.17) is 14.2 Å². The summed E-state index contributed by atoms with van der Waals surface area (Å²) in [6, 6.07) is 3.81. The summed E-state index contributed by atoms with van der Waals surface area (Å²) >= 11 is 1.46. The minimum absolute atomic E-state index is 0.107. The summed E-state index contributed by atoms with van der Waals surface area (Å²) in [7, 11) is 4.86. The number of amides is 1. The van der Waals surface area contributed by atoms with Gasteiger partial charge in [0, 0.05) is 32.2 Å². The molecule has 0 N–H and O–H groups in total. The lowest BCUT2D eigenvalue weighted by atomic mass is 10.3. The van der Waals surface area contributed by atoms with Crippen molar-refractivity contribution in [1.29, 1.82) is 0 Å². The Morgan fingerprint density at radius 2 is 1.91 bits per heavy atom. The summed E-state index contributed by atoms with van der Waals surface area (Å²) in [6.07, 6.45) is 1.23. The molecular formula is C16H22N2O4S. The molecule has 7 heteroatoms. The van der Waals surface area contributed by atoms with Crippen LogP contribution in [0.25, 0.3) is 10.2 Å². The smallest absolute Gasteiger partial charge is 0.248 e. The molecule has 0 radical (unpaired) electrons. The van der Waals surface area contributed by atoms with Gasteiger partial charge in [0.2, 0.25) is 5.91 Å². The van der Waals surface area contributed by atoms with Crippen LogP contribution in [0.15, 0.2) is 17.1 Å². The van der Waals surface area contributed by atoms with Gasteiger partial charge in [-0.1, -0.05) is 18.3 Å². The number of hydrogen-bond acceptors (Lipinski definition) is 5. The van der Waals surface area contributed by atoms with Gasteiger partial charge < -0.3 is 18.8 Å². The van der Waals surface area contributed by atoms with E-state index in [9.17, 15) is 4.79 Å². The second kappa shape index (κ2) is 8.12. The zero-order chi connectivity index (χ0) is 16.8. The summed E-state index contributed by atoms with van der Waals surface area (Å²) < 4.78 is 18.9. The third kappa shape index (κ3) is 3.92. The number of carbonyl (C=O) groups excluding carboxylic acids is 1. The number of rotatable bonds is 7. The van der Waals surface area contributed by atoms with Gasteiger partial charge in [-0.05, 0) is 6.42 Å². The Morgan fingerprint density at radius 1 is 1.22 bits per heavy atom. The third-order valence-electron chi connectivity index (χ3n) is 3.39. The van der Waals surface area contributed by atoms with Crippen molar-refractivity contribution in [2.75, 3.05) is 27.9 Å². The molecule has 1 amide bonds. The summed E-state index contributed by atoms with van der Waals surface area (Å²) in [4.78, 5) is 16.8. The zero-order valence-corrected chi connectivity index (χ0v) is 14.7. The standard InChI is InChI=1S/C16H22N2O4S/c1-5-6-15(19)17-16-18(7-8-20-2)11-9-12(21-3)13(22-4)10-14(11)23-16/h9-10H,5-8H2,1-4H3. The average Bonchev–Trinajstić information content (AvgIpc) is 2.87. The fourth-order valence-corrected chi connectivity index (χ4v) is 3.34. The van der Waals surface area contributed by atoms with Crippen LogP contribution in [0.5, 0.6) is 11.5 Å². The lowest BCUT2D eigenvalue weighted by Crippen LogP contribution is -2.19. The molecule has 2 aromatic rings. The Hall–Kier alpha value is -1.86. The highest BCUT2D eigenvalue weighted by Crippen LogP contribution is 2.33. The number of fused-ring (bicyclic) bond motifs is 1. The molecule has 0 saturated heterocycles. The topological polar surface area (TPSA) is 62.0 Å². The van der Waals surface area contributed by atoms with Crippen LogP contribution < -0.4 is 14.3 Å². The van der Waals surface area contributed by atoms with Crippen molar-refractivity contribution < 1.29 is 19.0 Å². The number of carbonyl (C=O) groups is 1. The van der Waals surface area contributed by atoms with Crippen LogP contribution in [0.3, 0.4) is 0 Å². The summed E-state index contributed by atoms with van der Waals surface area (Å²) in [5.74, 6) is 1.20. The van der Waals surface area contributed by atoms with Crippen molar-refractivity contribution in [2.24, 2.45) is 4.99 Å². The van der Waals surface area contributed by atoms with E-state index in [-0.39, 0.29) is 5.91 Å². The number of thiazole rings is 1. The predicted molar refractivity (Wildman–Crippen MR) is 90.3 cm³/mol. The Morgan fingerprint density at radius 3 is 2.52 bits per heavy atom. The number of aromatic nitrogens is 1. The molecule has 0 aliphatic carbocycles. The highest BCUT2D eigenvalue weighted by atomic mass is 32.1. The van der Waals surface area contributed by atoms with Crippen LogP contribution in [0.1, 0.15) is 19.8 Å². The second-order valence-corrected chi connectivity index (χ2v) is 5.97. The molecule has 2 rings (SSSR count). The fourth-order valence-electron chi connectivity index (χ4n) is 2.26. The van der Waals surface area contributed by atoms with E-state index >= 15 is 0 Å². The van der Waals surface area contributed by atoms with Gasteiger partial charge in [0.25, 0.3) is 0 Å². The Bertz CT molecular complexity index is 748. The van der Waals surface area contributed by atoms with E-state index < -0.39 is 0 Å². The minimum Gasteiger partial charge on any atom is -0.493 e. The molecular weight excluding hydrogens is 316 g/mol. The quantitative estimate of drug-likeness (QED) is 0.778. The molecule has 1 heterocycles. The van der Waals surface area contributed by atoms with Gasteiger partial charge in [-0.3, -0.25) is 4.79 Å². The van der Waals surface area contributed by atoms with Crippen molar-refractivity contribution in [2.45, 2.75) is 26.3 Å². The first-order chi connectivity index (χ1) is 11.1. The summed E-state index contributed by atoms with van der Waals surface area (Å²) in [5.41, 5.74) is 0.952. The third-order valence-corrected chi connectivity index (χ3v) is 4.43. The molecule has 0 aliphatic rings. The van der Waals surface area contributed by atoms with Gasteiger partial charge >= 0.3 is 0 Å². The molecule has 1 aromatic carbocycles. The largest absolute Gasteiger partial charge is 0.493 e. The molecule has 6 nitrogen and oxygen atoms in total. The van der Waals surface area contributed by atoms with Gasteiger partial charge in [-0.25, -0.2) is 0 Å². The van der Waals surface area contributed by atoms with Crippen molar-refractivity contribution in [3.05, 3.63) is 16.9 Å².